The summed E-state index contributed by atoms with van der Waals surface area (Å²) < 4.78 is 43.9. The number of benzene rings is 3. The van der Waals surface area contributed by atoms with Crippen LogP contribution in [0.2, 0.25) is 0 Å². The number of thioether (sulfide) groups is 1. The molecule has 3 aromatic carbocycles. The van der Waals surface area contributed by atoms with Gasteiger partial charge in [0.25, 0.3) is 5.91 Å². The SMILES string of the molecule is COc1cccc(C(=O)Nc2cccc([C@H]3SCC(=O)N3c3ccc(C(F)(F)F)cc3)c2)c1. The van der Waals surface area contributed by atoms with Crippen molar-refractivity contribution >= 4 is 35.0 Å². The van der Waals surface area contributed by atoms with Crippen molar-refractivity contribution in [2.75, 3.05) is 23.1 Å². The van der Waals surface area contributed by atoms with Crippen molar-refractivity contribution in [3.8, 4) is 5.75 Å². The Labute approximate surface area is 192 Å². The van der Waals surface area contributed by atoms with Crippen LogP contribution in [0.15, 0.2) is 72.8 Å². The molecule has 1 fully saturated rings. The summed E-state index contributed by atoms with van der Waals surface area (Å²) in [7, 11) is 1.52. The summed E-state index contributed by atoms with van der Waals surface area (Å²) in [6.45, 7) is 0. The van der Waals surface area contributed by atoms with Crippen LogP contribution in [0.3, 0.4) is 0 Å². The van der Waals surface area contributed by atoms with Crippen molar-refractivity contribution in [2.45, 2.75) is 11.6 Å². The van der Waals surface area contributed by atoms with Crippen LogP contribution in [0.25, 0.3) is 0 Å². The van der Waals surface area contributed by atoms with Gasteiger partial charge < -0.3 is 10.1 Å². The zero-order valence-electron chi connectivity index (χ0n) is 17.4. The van der Waals surface area contributed by atoms with Crippen LogP contribution >= 0.6 is 11.8 Å². The van der Waals surface area contributed by atoms with E-state index < -0.39 is 17.1 Å². The van der Waals surface area contributed by atoms with Crippen LogP contribution < -0.4 is 15.0 Å². The van der Waals surface area contributed by atoms with Gasteiger partial charge in [-0.2, -0.15) is 13.2 Å². The van der Waals surface area contributed by atoms with E-state index >= 15 is 0 Å². The largest absolute Gasteiger partial charge is 0.497 e. The van der Waals surface area contributed by atoms with E-state index in [4.69, 9.17) is 4.74 Å². The third-order valence-corrected chi connectivity index (χ3v) is 6.31. The van der Waals surface area contributed by atoms with E-state index in [2.05, 4.69) is 5.32 Å². The fraction of sp³-hybridized carbons (Fsp3) is 0.167. The Morgan fingerprint density at radius 3 is 2.48 bits per heavy atom. The minimum absolute atomic E-state index is 0.199. The summed E-state index contributed by atoms with van der Waals surface area (Å²) in [5, 5.41) is 2.40. The number of anilines is 2. The van der Waals surface area contributed by atoms with Gasteiger partial charge in [0.05, 0.1) is 18.4 Å². The van der Waals surface area contributed by atoms with E-state index in [9.17, 15) is 22.8 Å². The number of carbonyl (C=O) groups is 2. The average Bonchev–Trinajstić information content (AvgIpc) is 3.20. The molecular weight excluding hydrogens is 453 g/mol. The van der Waals surface area contributed by atoms with E-state index in [1.54, 1.807) is 42.5 Å². The smallest absolute Gasteiger partial charge is 0.416 e. The van der Waals surface area contributed by atoms with Gasteiger partial charge >= 0.3 is 6.18 Å². The van der Waals surface area contributed by atoms with Crippen LogP contribution in [0, 0.1) is 0 Å². The van der Waals surface area contributed by atoms with E-state index in [0.29, 0.717) is 22.7 Å². The zero-order valence-corrected chi connectivity index (χ0v) is 18.2. The summed E-state index contributed by atoms with van der Waals surface area (Å²) in [4.78, 5) is 26.7. The molecule has 0 unspecified atom stereocenters. The first-order chi connectivity index (χ1) is 15.8. The molecule has 0 bridgehead atoms. The molecule has 0 spiro atoms. The molecule has 3 aromatic rings. The maximum Gasteiger partial charge on any atom is 0.416 e. The number of hydrogen-bond acceptors (Lipinski definition) is 4. The molecule has 33 heavy (non-hydrogen) atoms. The summed E-state index contributed by atoms with van der Waals surface area (Å²) >= 11 is 1.37. The Morgan fingerprint density at radius 1 is 1.06 bits per heavy atom. The topological polar surface area (TPSA) is 58.6 Å². The van der Waals surface area contributed by atoms with Crippen LogP contribution in [-0.2, 0) is 11.0 Å². The van der Waals surface area contributed by atoms with Crippen molar-refractivity contribution in [3.63, 3.8) is 0 Å². The Bertz CT molecular complexity index is 1180. The minimum atomic E-state index is -4.45. The number of rotatable bonds is 5. The van der Waals surface area contributed by atoms with Crippen LogP contribution in [0.5, 0.6) is 5.75 Å². The molecular formula is C24H19F3N2O3S. The number of ether oxygens (including phenoxy) is 1. The van der Waals surface area contributed by atoms with Gasteiger partial charge in [0, 0.05) is 16.9 Å². The Hall–Kier alpha value is -3.46. The highest BCUT2D eigenvalue weighted by Gasteiger charge is 2.35. The Balaban J connectivity index is 1.56. The number of methoxy groups -OCH3 is 1. The maximum atomic E-state index is 12.9. The van der Waals surface area contributed by atoms with Gasteiger partial charge in [-0.1, -0.05) is 18.2 Å². The van der Waals surface area contributed by atoms with Crippen LogP contribution in [-0.4, -0.2) is 24.7 Å². The molecule has 0 radical (unpaired) electrons. The lowest BCUT2D eigenvalue weighted by Crippen LogP contribution is -2.28. The summed E-state index contributed by atoms with van der Waals surface area (Å²) in [6, 6.07) is 18.3. The highest BCUT2D eigenvalue weighted by molar-refractivity contribution is 8.00. The third kappa shape index (κ3) is 4.98. The summed E-state index contributed by atoms with van der Waals surface area (Å²) in [5.41, 5.74) is 1.32. The molecule has 0 saturated carbocycles. The molecule has 1 atom stereocenters. The average molecular weight is 472 g/mol. The first kappa shape index (κ1) is 22.7. The predicted octanol–water partition coefficient (Wildman–Crippen LogP) is 5.74. The molecule has 9 heteroatoms. The van der Waals surface area contributed by atoms with Gasteiger partial charge in [-0.15, -0.1) is 11.8 Å². The zero-order chi connectivity index (χ0) is 23.6. The second-order valence-corrected chi connectivity index (χ2v) is 8.35. The van der Waals surface area contributed by atoms with Crippen LogP contribution in [0.1, 0.15) is 26.9 Å². The molecule has 1 N–H and O–H groups in total. The monoisotopic (exact) mass is 472 g/mol. The van der Waals surface area contributed by atoms with Crippen molar-refractivity contribution in [2.24, 2.45) is 0 Å². The second-order valence-electron chi connectivity index (χ2n) is 7.28. The second kappa shape index (κ2) is 9.19. The number of carbonyl (C=O) groups excluding carboxylic acids is 2. The molecule has 1 saturated heterocycles. The number of nitrogens with one attached hydrogen (secondary N) is 1. The lowest BCUT2D eigenvalue weighted by molar-refractivity contribution is -0.137. The van der Waals surface area contributed by atoms with Crippen LogP contribution in [0.4, 0.5) is 24.5 Å². The van der Waals surface area contributed by atoms with Crippen molar-refractivity contribution in [1.82, 2.24) is 0 Å². The quantitative estimate of drug-likeness (QED) is 0.514. The predicted molar refractivity (Wildman–Crippen MR) is 122 cm³/mol. The van der Waals surface area contributed by atoms with Gasteiger partial charge in [-0.3, -0.25) is 14.5 Å². The number of hydrogen-bond donors (Lipinski definition) is 1. The van der Waals surface area contributed by atoms with Gasteiger partial charge in [0.2, 0.25) is 5.91 Å². The fourth-order valence-electron chi connectivity index (χ4n) is 3.50. The van der Waals surface area contributed by atoms with E-state index in [0.717, 1.165) is 17.7 Å². The first-order valence-electron chi connectivity index (χ1n) is 9.92. The number of halogens is 3. The molecule has 0 aromatic heterocycles. The van der Waals surface area contributed by atoms with E-state index in [-0.39, 0.29) is 17.6 Å². The Kier molecular flexibility index (Phi) is 6.33. The number of amides is 2. The minimum Gasteiger partial charge on any atom is -0.497 e. The molecule has 0 aliphatic carbocycles. The summed E-state index contributed by atoms with van der Waals surface area (Å²) in [6.07, 6.45) is -4.45. The Morgan fingerprint density at radius 2 is 1.79 bits per heavy atom. The van der Waals surface area contributed by atoms with Crippen molar-refractivity contribution < 1.29 is 27.5 Å². The third-order valence-electron chi connectivity index (χ3n) is 5.10. The molecule has 5 nitrogen and oxygen atoms in total. The van der Waals surface area contributed by atoms with Gasteiger partial charge in [-0.25, -0.2) is 0 Å². The molecule has 1 aliphatic rings. The lowest BCUT2D eigenvalue weighted by atomic mass is 10.1. The molecule has 1 aliphatic heterocycles. The van der Waals surface area contributed by atoms with Gasteiger partial charge in [-0.05, 0) is 60.2 Å². The van der Waals surface area contributed by atoms with Crippen molar-refractivity contribution in [1.29, 1.82) is 0 Å². The normalized spacial score (nSPS) is 16.1. The number of nitrogens with zero attached hydrogens (tertiary/aromatic N) is 1. The first-order valence-corrected chi connectivity index (χ1v) is 11.0. The molecule has 1 heterocycles. The van der Waals surface area contributed by atoms with Crippen molar-refractivity contribution in [3.05, 3.63) is 89.5 Å². The molecule has 4 rings (SSSR count). The number of alkyl halides is 3. The van der Waals surface area contributed by atoms with E-state index in [1.165, 1.54) is 35.9 Å². The maximum absolute atomic E-state index is 12.9. The van der Waals surface area contributed by atoms with Gasteiger partial charge in [0.1, 0.15) is 11.1 Å². The van der Waals surface area contributed by atoms with Gasteiger partial charge in [0.15, 0.2) is 0 Å². The fourth-order valence-corrected chi connectivity index (χ4v) is 4.67. The standard InChI is InChI=1S/C24H19F3N2O3S/c1-32-20-7-3-4-15(13-20)22(31)28-18-6-2-5-16(12-18)23-29(21(30)14-33-23)19-10-8-17(9-11-19)24(25,26)27/h2-13,23H,14H2,1H3,(H,28,31)/t23-/m1/s1. The summed E-state index contributed by atoms with van der Waals surface area (Å²) in [5.74, 6) is 0.243. The lowest BCUT2D eigenvalue weighted by Gasteiger charge is -2.25. The molecule has 170 valence electrons. The molecule has 2 amide bonds. The highest BCUT2D eigenvalue weighted by Crippen LogP contribution is 2.43. The highest BCUT2D eigenvalue weighted by atomic mass is 32.2. The van der Waals surface area contributed by atoms with E-state index in [1.807, 2.05) is 6.07 Å².